The van der Waals surface area contributed by atoms with Crippen LogP contribution in [0.4, 0.5) is 0 Å². The molecule has 0 aliphatic heterocycles. The molecular weight excluding hydrogens is 328 g/mol. The Balaban J connectivity index is 1.76. The Bertz CT molecular complexity index is 1190. The fraction of sp³-hybridized carbons (Fsp3) is 0.120. The Hall–Kier alpha value is -3.26. The SMILES string of the molecule is CC1C=CC=CC1c1ccnc2c1ccc1c(-c3ccccc3)ccnc12. The first-order valence-corrected chi connectivity index (χ1v) is 9.40. The van der Waals surface area contributed by atoms with Gasteiger partial charge in [-0.05, 0) is 34.7 Å². The van der Waals surface area contributed by atoms with Gasteiger partial charge in [0.15, 0.2) is 0 Å². The Morgan fingerprint density at radius 3 is 2.22 bits per heavy atom. The zero-order chi connectivity index (χ0) is 18.2. The molecule has 2 aromatic heterocycles. The molecule has 2 aromatic carbocycles. The van der Waals surface area contributed by atoms with E-state index in [1.807, 2.05) is 18.5 Å². The molecule has 0 spiro atoms. The molecule has 4 aromatic rings. The summed E-state index contributed by atoms with van der Waals surface area (Å²) in [6.07, 6.45) is 12.6. The zero-order valence-corrected chi connectivity index (χ0v) is 15.2. The lowest BCUT2D eigenvalue weighted by atomic mass is 9.82. The number of hydrogen-bond acceptors (Lipinski definition) is 2. The van der Waals surface area contributed by atoms with Gasteiger partial charge in [0.2, 0.25) is 0 Å². The summed E-state index contributed by atoms with van der Waals surface area (Å²) >= 11 is 0. The van der Waals surface area contributed by atoms with Gasteiger partial charge in [-0.25, -0.2) is 0 Å². The Morgan fingerprint density at radius 1 is 0.704 bits per heavy atom. The third-order valence-electron chi connectivity index (χ3n) is 5.51. The largest absolute Gasteiger partial charge is 0.254 e. The molecule has 0 fully saturated rings. The smallest absolute Gasteiger partial charge is 0.0970 e. The predicted octanol–water partition coefficient (Wildman–Crippen LogP) is 6.30. The van der Waals surface area contributed by atoms with E-state index >= 15 is 0 Å². The molecule has 2 unspecified atom stereocenters. The van der Waals surface area contributed by atoms with Crippen molar-refractivity contribution in [2.45, 2.75) is 12.8 Å². The Morgan fingerprint density at radius 2 is 1.41 bits per heavy atom. The van der Waals surface area contributed by atoms with Gasteiger partial charge < -0.3 is 0 Å². The van der Waals surface area contributed by atoms with Gasteiger partial charge in [-0.15, -0.1) is 0 Å². The van der Waals surface area contributed by atoms with Crippen molar-refractivity contribution in [3.05, 3.63) is 96.9 Å². The summed E-state index contributed by atoms with van der Waals surface area (Å²) in [4.78, 5) is 9.43. The summed E-state index contributed by atoms with van der Waals surface area (Å²) in [5.41, 5.74) is 5.68. The second-order valence-corrected chi connectivity index (χ2v) is 7.14. The van der Waals surface area contributed by atoms with Crippen LogP contribution in [-0.4, -0.2) is 9.97 Å². The Kier molecular flexibility index (Phi) is 3.83. The van der Waals surface area contributed by atoms with Crippen molar-refractivity contribution >= 4 is 21.8 Å². The summed E-state index contributed by atoms with van der Waals surface area (Å²) in [6.45, 7) is 2.27. The molecule has 1 aliphatic rings. The molecule has 0 bridgehead atoms. The van der Waals surface area contributed by atoms with E-state index in [0.717, 1.165) is 16.4 Å². The van der Waals surface area contributed by atoms with E-state index in [1.165, 1.54) is 22.1 Å². The van der Waals surface area contributed by atoms with Gasteiger partial charge in [0.25, 0.3) is 0 Å². The molecule has 27 heavy (non-hydrogen) atoms. The van der Waals surface area contributed by atoms with Gasteiger partial charge in [-0.3, -0.25) is 9.97 Å². The second-order valence-electron chi connectivity index (χ2n) is 7.14. The topological polar surface area (TPSA) is 25.8 Å². The highest BCUT2D eigenvalue weighted by Crippen LogP contribution is 2.37. The lowest BCUT2D eigenvalue weighted by Gasteiger charge is -2.22. The first-order valence-electron chi connectivity index (χ1n) is 9.40. The third kappa shape index (κ3) is 2.65. The highest BCUT2D eigenvalue weighted by Gasteiger charge is 2.20. The van der Waals surface area contributed by atoms with Crippen molar-refractivity contribution in [2.24, 2.45) is 5.92 Å². The Labute approximate surface area is 158 Å². The number of pyridine rings is 2. The average molecular weight is 348 g/mol. The van der Waals surface area contributed by atoms with E-state index < -0.39 is 0 Å². The fourth-order valence-electron chi connectivity index (χ4n) is 4.11. The molecule has 2 heterocycles. The molecule has 0 N–H and O–H groups in total. The van der Waals surface area contributed by atoms with Crippen molar-refractivity contribution in [3.63, 3.8) is 0 Å². The maximum atomic E-state index is 4.72. The molecule has 0 amide bonds. The van der Waals surface area contributed by atoms with Crippen molar-refractivity contribution < 1.29 is 0 Å². The second kappa shape index (κ2) is 6.48. The maximum Gasteiger partial charge on any atom is 0.0970 e. The van der Waals surface area contributed by atoms with Crippen LogP contribution in [0, 0.1) is 5.92 Å². The normalized spacial score (nSPS) is 19.0. The van der Waals surface area contributed by atoms with Gasteiger partial charge >= 0.3 is 0 Å². The van der Waals surface area contributed by atoms with Crippen LogP contribution in [0.2, 0.25) is 0 Å². The lowest BCUT2D eigenvalue weighted by molar-refractivity contribution is 0.639. The summed E-state index contributed by atoms with van der Waals surface area (Å²) in [5.74, 6) is 0.843. The van der Waals surface area contributed by atoms with Crippen molar-refractivity contribution in [1.29, 1.82) is 0 Å². The van der Waals surface area contributed by atoms with Crippen LogP contribution in [-0.2, 0) is 0 Å². The van der Waals surface area contributed by atoms with Crippen molar-refractivity contribution in [3.8, 4) is 11.1 Å². The highest BCUT2D eigenvalue weighted by molar-refractivity contribution is 6.08. The monoisotopic (exact) mass is 348 g/mol. The molecular formula is C25H20N2. The molecule has 2 nitrogen and oxygen atoms in total. The van der Waals surface area contributed by atoms with E-state index in [1.54, 1.807) is 0 Å². The predicted molar refractivity (Wildman–Crippen MR) is 113 cm³/mol. The zero-order valence-electron chi connectivity index (χ0n) is 15.2. The van der Waals surface area contributed by atoms with Gasteiger partial charge in [-0.1, -0.05) is 73.7 Å². The minimum absolute atomic E-state index is 0.371. The number of fused-ring (bicyclic) bond motifs is 3. The van der Waals surface area contributed by atoms with Crippen molar-refractivity contribution in [1.82, 2.24) is 9.97 Å². The first kappa shape index (κ1) is 16.0. The van der Waals surface area contributed by atoms with E-state index in [0.29, 0.717) is 11.8 Å². The first-order chi connectivity index (χ1) is 13.3. The molecule has 2 heteroatoms. The molecule has 5 rings (SSSR count). The quantitative estimate of drug-likeness (QED) is 0.397. The molecule has 0 saturated carbocycles. The minimum atomic E-state index is 0.371. The molecule has 0 saturated heterocycles. The summed E-state index contributed by atoms with van der Waals surface area (Å²) in [5, 5.41) is 2.34. The van der Waals surface area contributed by atoms with Crippen molar-refractivity contribution in [2.75, 3.05) is 0 Å². The van der Waals surface area contributed by atoms with Crippen LogP contribution < -0.4 is 0 Å². The van der Waals surface area contributed by atoms with E-state index in [4.69, 9.17) is 9.97 Å². The van der Waals surface area contributed by atoms with E-state index in [-0.39, 0.29) is 0 Å². The third-order valence-corrected chi connectivity index (χ3v) is 5.51. The van der Waals surface area contributed by atoms with Gasteiger partial charge in [0, 0.05) is 29.1 Å². The fourth-order valence-corrected chi connectivity index (χ4v) is 4.11. The number of allylic oxidation sites excluding steroid dienone is 4. The molecule has 2 atom stereocenters. The number of rotatable bonds is 2. The highest BCUT2D eigenvalue weighted by atomic mass is 14.7. The molecule has 1 aliphatic carbocycles. The van der Waals surface area contributed by atoms with Crippen LogP contribution in [0.5, 0.6) is 0 Å². The van der Waals surface area contributed by atoms with Gasteiger partial charge in [0.1, 0.15) is 0 Å². The van der Waals surface area contributed by atoms with Crippen LogP contribution >= 0.6 is 0 Å². The van der Waals surface area contributed by atoms with Gasteiger partial charge in [-0.2, -0.15) is 0 Å². The van der Waals surface area contributed by atoms with Crippen LogP contribution in [0.15, 0.2) is 91.3 Å². The number of hydrogen-bond donors (Lipinski definition) is 0. The summed E-state index contributed by atoms with van der Waals surface area (Å²) in [6, 6.07) is 19.1. The average Bonchev–Trinajstić information content (AvgIpc) is 2.74. The molecule has 0 radical (unpaired) electrons. The lowest BCUT2D eigenvalue weighted by Crippen LogP contribution is -2.08. The minimum Gasteiger partial charge on any atom is -0.254 e. The summed E-state index contributed by atoms with van der Waals surface area (Å²) in [7, 11) is 0. The summed E-state index contributed by atoms with van der Waals surface area (Å²) < 4.78 is 0. The van der Waals surface area contributed by atoms with Gasteiger partial charge in [0.05, 0.1) is 11.0 Å². The standard InChI is InChI=1S/C25H20N2/c1-17-7-5-6-10-19(17)21-14-16-27-25-23(21)12-11-22-20(13-15-26-24(22)25)18-8-3-2-4-9-18/h2-17,19H,1H3. The van der Waals surface area contributed by atoms with E-state index in [2.05, 4.69) is 79.8 Å². The van der Waals surface area contributed by atoms with Crippen LogP contribution in [0.25, 0.3) is 32.9 Å². The number of aromatic nitrogens is 2. The molecule has 130 valence electrons. The number of benzene rings is 2. The van der Waals surface area contributed by atoms with E-state index in [9.17, 15) is 0 Å². The maximum absolute atomic E-state index is 4.72. The van der Waals surface area contributed by atoms with Crippen LogP contribution in [0.3, 0.4) is 0 Å². The van der Waals surface area contributed by atoms with Crippen LogP contribution in [0.1, 0.15) is 18.4 Å². The number of nitrogens with zero attached hydrogens (tertiary/aromatic N) is 2.